The molecule has 2 rings (SSSR count). The summed E-state index contributed by atoms with van der Waals surface area (Å²) in [7, 11) is 1.28. The Morgan fingerprint density at radius 3 is 2.80 bits per heavy atom. The molecule has 0 bridgehead atoms. The van der Waals surface area contributed by atoms with Gasteiger partial charge in [-0.3, -0.25) is 4.79 Å². The molecule has 8 heteroatoms. The third kappa shape index (κ3) is 5.15. The fraction of sp³-hybridized carbons (Fsp3) is 0.294. The minimum atomic E-state index is -0.517. The highest BCUT2D eigenvalue weighted by Crippen LogP contribution is 2.24. The van der Waals surface area contributed by atoms with Crippen LogP contribution in [0.5, 0.6) is 0 Å². The first kappa shape index (κ1) is 18.7. The van der Waals surface area contributed by atoms with Crippen LogP contribution in [0, 0.1) is 0 Å². The van der Waals surface area contributed by atoms with Gasteiger partial charge in [0.25, 0.3) is 5.91 Å². The molecule has 0 atom stereocenters. The lowest BCUT2D eigenvalue weighted by Crippen LogP contribution is -2.16. The third-order valence-corrected chi connectivity index (χ3v) is 3.67. The topological polar surface area (TPSA) is 93.2 Å². The number of methoxy groups -OCH3 is 1. The number of halogens is 1. The SMILES string of the molecule is CCCCNc1nccc(C(=O)Nc2cc(C(=O)OC)ccc2Cl)n1. The lowest BCUT2D eigenvalue weighted by molar-refractivity contribution is 0.0600. The van der Waals surface area contributed by atoms with E-state index in [4.69, 9.17) is 11.6 Å². The van der Waals surface area contributed by atoms with Crippen LogP contribution in [-0.4, -0.2) is 35.5 Å². The molecule has 1 aromatic heterocycles. The Hall–Kier alpha value is -2.67. The molecule has 1 heterocycles. The van der Waals surface area contributed by atoms with Crippen molar-refractivity contribution in [3.63, 3.8) is 0 Å². The number of benzene rings is 1. The fourth-order valence-electron chi connectivity index (χ4n) is 2.00. The van der Waals surface area contributed by atoms with E-state index >= 15 is 0 Å². The molecule has 0 aliphatic rings. The van der Waals surface area contributed by atoms with E-state index in [0.29, 0.717) is 16.7 Å². The van der Waals surface area contributed by atoms with Crippen LogP contribution in [0.4, 0.5) is 11.6 Å². The maximum atomic E-state index is 12.4. The Morgan fingerprint density at radius 2 is 2.08 bits per heavy atom. The second-order valence-electron chi connectivity index (χ2n) is 5.19. The minimum Gasteiger partial charge on any atom is -0.465 e. The predicted molar refractivity (Wildman–Crippen MR) is 96.2 cm³/mol. The number of aromatic nitrogens is 2. The summed E-state index contributed by atoms with van der Waals surface area (Å²) in [5.41, 5.74) is 0.772. The molecule has 25 heavy (non-hydrogen) atoms. The molecule has 2 aromatic rings. The maximum absolute atomic E-state index is 12.4. The van der Waals surface area contributed by atoms with Crippen molar-refractivity contribution in [2.45, 2.75) is 19.8 Å². The van der Waals surface area contributed by atoms with Crippen molar-refractivity contribution < 1.29 is 14.3 Å². The number of anilines is 2. The molecule has 2 N–H and O–H groups in total. The number of hydrogen-bond donors (Lipinski definition) is 2. The number of esters is 1. The summed E-state index contributed by atoms with van der Waals surface area (Å²) in [5.74, 6) is -0.586. The van der Waals surface area contributed by atoms with Gasteiger partial charge in [0.1, 0.15) is 5.69 Å². The Kier molecular flexibility index (Phi) is 6.71. The molecule has 0 radical (unpaired) electrons. The lowest BCUT2D eigenvalue weighted by atomic mass is 10.2. The van der Waals surface area contributed by atoms with Crippen LogP contribution in [0.25, 0.3) is 0 Å². The van der Waals surface area contributed by atoms with Gasteiger partial charge in [-0.25, -0.2) is 14.8 Å². The number of nitrogens with zero attached hydrogens (tertiary/aromatic N) is 2. The summed E-state index contributed by atoms with van der Waals surface area (Å²) < 4.78 is 4.66. The zero-order chi connectivity index (χ0) is 18.2. The molecular formula is C17H19ClN4O3. The van der Waals surface area contributed by atoms with Crippen LogP contribution in [0.15, 0.2) is 30.5 Å². The second kappa shape index (κ2) is 8.98. The predicted octanol–water partition coefficient (Wildman–Crippen LogP) is 3.38. The van der Waals surface area contributed by atoms with Crippen LogP contribution in [-0.2, 0) is 4.74 Å². The van der Waals surface area contributed by atoms with Gasteiger partial charge in [0, 0.05) is 12.7 Å². The van der Waals surface area contributed by atoms with Crippen molar-refractivity contribution in [3.8, 4) is 0 Å². The van der Waals surface area contributed by atoms with Crippen molar-refractivity contribution >= 4 is 35.1 Å². The summed E-state index contributed by atoms with van der Waals surface area (Å²) in [6, 6.07) is 5.98. The summed E-state index contributed by atoms with van der Waals surface area (Å²) in [4.78, 5) is 32.2. The van der Waals surface area contributed by atoms with Crippen LogP contribution in [0.3, 0.4) is 0 Å². The van der Waals surface area contributed by atoms with Gasteiger partial charge in [-0.2, -0.15) is 0 Å². The zero-order valence-electron chi connectivity index (χ0n) is 14.0. The number of carbonyl (C=O) groups is 2. The number of carbonyl (C=O) groups excluding carboxylic acids is 2. The van der Waals surface area contributed by atoms with Crippen molar-refractivity contribution in [2.24, 2.45) is 0 Å². The minimum absolute atomic E-state index is 0.188. The molecule has 0 saturated heterocycles. The van der Waals surface area contributed by atoms with E-state index in [1.54, 1.807) is 0 Å². The molecule has 0 spiro atoms. The number of hydrogen-bond acceptors (Lipinski definition) is 6. The van der Waals surface area contributed by atoms with E-state index in [-0.39, 0.29) is 11.3 Å². The number of unbranched alkanes of at least 4 members (excludes halogenated alkanes) is 1. The molecule has 0 aliphatic carbocycles. The molecule has 132 valence electrons. The lowest BCUT2D eigenvalue weighted by Gasteiger charge is -2.09. The van der Waals surface area contributed by atoms with Crippen LogP contribution in [0.2, 0.25) is 5.02 Å². The number of nitrogens with one attached hydrogen (secondary N) is 2. The number of rotatable bonds is 7. The molecule has 1 aromatic carbocycles. The molecule has 0 aliphatic heterocycles. The van der Waals surface area contributed by atoms with E-state index in [2.05, 4.69) is 32.3 Å². The first-order valence-electron chi connectivity index (χ1n) is 7.81. The Labute approximate surface area is 150 Å². The summed E-state index contributed by atoms with van der Waals surface area (Å²) in [6.45, 7) is 2.81. The highest BCUT2D eigenvalue weighted by Gasteiger charge is 2.14. The average molecular weight is 363 g/mol. The normalized spacial score (nSPS) is 10.2. The molecule has 1 amide bonds. The molecule has 0 fully saturated rings. The second-order valence-corrected chi connectivity index (χ2v) is 5.59. The quantitative estimate of drug-likeness (QED) is 0.579. The first-order chi connectivity index (χ1) is 12.0. The van der Waals surface area contributed by atoms with Gasteiger partial charge >= 0.3 is 5.97 Å². The third-order valence-electron chi connectivity index (χ3n) is 3.34. The van der Waals surface area contributed by atoms with Crippen molar-refractivity contribution in [2.75, 3.05) is 24.3 Å². The van der Waals surface area contributed by atoms with E-state index in [1.807, 2.05) is 0 Å². The van der Waals surface area contributed by atoms with Crippen LogP contribution in [0.1, 0.15) is 40.6 Å². The van der Waals surface area contributed by atoms with Gasteiger partial charge in [-0.15, -0.1) is 0 Å². The average Bonchev–Trinajstić information content (AvgIpc) is 2.63. The molecular weight excluding hydrogens is 344 g/mol. The van der Waals surface area contributed by atoms with Crippen LogP contribution < -0.4 is 10.6 Å². The van der Waals surface area contributed by atoms with Gasteiger partial charge < -0.3 is 15.4 Å². The first-order valence-corrected chi connectivity index (χ1v) is 8.19. The van der Waals surface area contributed by atoms with Gasteiger partial charge in [-0.05, 0) is 30.7 Å². The van der Waals surface area contributed by atoms with Crippen molar-refractivity contribution in [1.29, 1.82) is 0 Å². The van der Waals surface area contributed by atoms with E-state index in [1.165, 1.54) is 37.6 Å². The molecule has 0 saturated carbocycles. The monoisotopic (exact) mass is 362 g/mol. The largest absolute Gasteiger partial charge is 0.465 e. The van der Waals surface area contributed by atoms with Gasteiger partial charge in [0.2, 0.25) is 5.95 Å². The highest BCUT2D eigenvalue weighted by atomic mass is 35.5. The fourth-order valence-corrected chi connectivity index (χ4v) is 2.16. The Bertz CT molecular complexity index is 767. The molecule has 0 unspecified atom stereocenters. The number of ether oxygens (including phenoxy) is 1. The standard InChI is InChI=1S/C17H19ClN4O3/c1-3-4-8-19-17-20-9-7-13(22-17)15(23)21-14-10-11(16(24)25-2)5-6-12(14)18/h5-7,9-10H,3-4,8H2,1-2H3,(H,21,23)(H,19,20,22). The van der Waals surface area contributed by atoms with E-state index in [9.17, 15) is 9.59 Å². The zero-order valence-corrected chi connectivity index (χ0v) is 14.8. The van der Waals surface area contributed by atoms with Gasteiger partial charge in [0.05, 0.1) is 23.4 Å². The summed E-state index contributed by atoms with van der Waals surface area (Å²) >= 11 is 6.08. The van der Waals surface area contributed by atoms with Crippen LogP contribution >= 0.6 is 11.6 Å². The number of amides is 1. The summed E-state index contributed by atoms with van der Waals surface area (Å²) in [5, 5.41) is 6.00. The highest BCUT2D eigenvalue weighted by molar-refractivity contribution is 6.34. The molecule has 7 nitrogen and oxygen atoms in total. The van der Waals surface area contributed by atoms with Crippen molar-refractivity contribution in [3.05, 3.63) is 46.7 Å². The maximum Gasteiger partial charge on any atom is 0.337 e. The summed E-state index contributed by atoms with van der Waals surface area (Å²) in [6.07, 6.45) is 3.53. The Morgan fingerprint density at radius 1 is 1.28 bits per heavy atom. The smallest absolute Gasteiger partial charge is 0.337 e. The Balaban J connectivity index is 2.14. The van der Waals surface area contributed by atoms with E-state index < -0.39 is 11.9 Å². The van der Waals surface area contributed by atoms with Gasteiger partial charge in [0.15, 0.2) is 0 Å². The van der Waals surface area contributed by atoms with Crippen molar-refractivity contribution in [1.82, 2.24) is 9.97 Å². The van der Waals surface area contributed by atoms with Gasteiger partial charge in [-0.1, -0.05) is 24.9 Å². The van der Waals surface area contributed by atoms with E-state index in [0.717, 1.165) is 19.4 Å².